The Bertz CT molecular complexity index is 1170. The van der Waals surface area contributed by atoms with E-state index in [1.807, 2.05) is 25.1 Å². The molecule has 3 aromatic rings. The monoisotopic (exact) mass is 487 g/mol. The smallest absolute Gasteiger partial charge is 0.162 e. The molecule has 1 unspecified atom stereocenters. The van der Waals surface area contributed by atoms with E-state index < -0.39 is 5.82 Å². The summed E-state index contributed by atoms with van der Waals surface area (Å²) < 4.78 is 25.4. The Morgan fingerprint density at radius 3 is 2.62 bits per heavy atom. The third kappa shape index (κ3) is 5.22. The molecule has 4 rings (SSSR count). The van der Waals surface area contributed by atoms with E-state index in [4.69, 9.17) is 21.1 Å². The first kappa shape index (κ1) is 24.1. The maximum atomic E-state index is 13.5. The average Bonchev–Trinajstić information content (AvgIpc) is 2.82. The molecule has 1 fully saturated rings. The van der Waals surface area contributed by atoms with Gasteiger partial charge in [0.2, 0.25) is 0 Å². The number of nitrogens with zero attached hydrogens (tertiary/aromatic N) is 4. The number of halogens is 2. The number of hydrogen-bond donors (Lipinski definition) is 1. The number of nitrogens with one attached hydrogen (secondary N) is 1. The standard InChI is InChI=1S/C24H27ClFN5O3/c1-30(2)23(13-32)31-8-6-16(7-9-31)34-22-11-17-20(12-21(22)33-3)27-14-28-24(17)29-15-4-5-19(26)18(25)10-15/h4-5,10-14,16,23H,6-9H2,1-3H3,(H,27,28,29). The van der Waals surface area contributed by atoms with Gasteiger partial charge in [0.15, 0.2) is 17.8 Å². The summed E-state index contributed by atoms with van der Waals surface area (Å²) in [4.78, 5) is 24.2. The van der Waals surface area contributed by atoms with Crippen LogP contribution in [0.25, 0.3) is 10.9 Å². The second kappa shape index (κ2) is 10.5. The highest BCUT2D eigenvalue weighted by Crippen LogP contribution is 2.36. The van der Waals surface area contributed by atoms with E-state index in [1.54, 1.807) is 19.2 Å². The number of fused-ring (bicyclic) bond motifs is 1. The largest absolute Gasteiger partial charge is 0.493 e. The molecule has 0 amide bonds. The first-order valence-electron chi connectivity index (χ1n) is 11.0. The molecule has 1 N–H and O–H groups in total. The quantitative estimate of drug-likeness (QED) is 0.476. The van der Waals surface area contributed by atoms with Crippen molar-refractivity contribution in [1.29, 1.82) is 0 Å². The van der Waals surface area contributed by atoms with Crippen molar-refractivity contribution in [2.45, 2.75) is 25.1 Å². The number of aldehydes is 1. The van der Waals surface area contributed by atoms with E-state index in [2.05, 4.69) is 20.2 Å². The number of methoxy groups -OCH3 is 1. The highest BCUT2D eigenvalue weighted by molar-refractivity contribution is 6.31. The number of ether oxygens (including phenoxy) is 2. The summed E-state index contributed by atoms with van der Waals surface area (Å²) in [5.74, 6) is 1.21. The van der Waals surface area contributed by atoms with Gasteiger partial charge in [-0.1, -0.05) is 11.6 Å². The lowest BCUT2D eigenvalue weighted by Crippen LogP contribution is -2.50. The fourth-order valence-corrected chi connectivity index (χ4v) is 4.28. The second-order valence-electron chi connectivity index (χ2n) is 8.36. The lowest BCUT2D eigenvalue weighted by Gasteiger charge is -2.37. The Hall–Kier alpha value is -3.01. The molecular weight excluding hydrogens is 461 g/mol. The molecule has 1 saturated heterocycles. The highest BCUT2D eigenvalue weighted by Gasteiger charge is 2.27. The molecule has 8 nitrogen and oxygen atoms in total. The second-order valence-corrected chi connectivity index (χ2v) is 8.77. The van der Waals surface area contributed by atoms with Gasteiger partial charge in [-0.15, -0.1) is 0 Å². The molecule has 1 aliphatic heterocycles. The van der Waals surface area contributed by atoms with Crippen molar-refractivity contribution in [2.24, 2.45) is 0 Å². The van der Waals surface area contributed by atoms with Gasteiger partial charge in [0.25, 0.3) is 0 Å². The number of piperidine rings is 1. The molecule has 1 aliphatic rings. The van der Waals surface area contributed by atoms with E-state index >= 15 is 0 Å². The first-order valence-corrected chi connectivity index (χ1v) is 11.3. The van der Waals surface area contributed by atoms with Crippen molar-refractivity contribution >= 4 is 40.3 Å². The third-order valence-electron chi connectivity index (χ3n) is 5.90. The van der Waals surface area contributed by atoms with E-state index in [9.17, 15) is 9.18 Å². The van der Waals surface area contributed by atoms with Gasteiger partial charge in [-0.2, -0.15) is 0 Å². The highest BCUT2D eigenvalue weighted by atomic mass is 35.5. The Balaban J connectivity index is 1.56. The summed E-state index contributed by atoms with van der Waals surface area (Å²) in [7, 11) is 5.38. The maximum Gasteiger partial charge on any atom is 0.162 e. The number of carbonyl (C=O) groups is 1. The SMILES string of the molecule is COc1cc2ncnc(Nc3ccc(F)c(Cl)c3)c2cc1OC1CCN(C(C=O)N(C)C)CC1. The van der Waals surface area contributed by atoms with Crippen LogP contribution in [0.1, 0.15) is 12.8 Å². The summed E-state index contributed by atoms with van der Waals surface area (Å²) in [6.45, 7) is 1.51. The lowest BCUT2D eigenvalue weighted by molar-refractivity contribution is -0.118. The number of aromatic nitrogens is 2. The maximum absolute atomic E-state index is 13.5. The van der Waals surface area contributed by atoms with Crippen molar-refractivity contribution in [3.05, 3.63) is 47.5 Å². The van der Waals surface area contributed by atoms with Gasteiger partial charge >= 0.3 is 0 Å². The molecule has 2 aromatic carbocycles. The zero-order valence-electron chi connectivity index (χ0n) is 19.3. The van der Waals surface area contributed by atoms with Crippen LogP contribution in [-0.4, -0.2) is 72.6 Å². The minimum absolute atomic E-state index is 0.0194. The summed E-state index contributed by atoms with van der Waals surface area (Å²) >= 11 is 5.92. The first-order chi connectivity index (χ1) is 16.4. The van der Waals surface area contributed by atoms with E-state index in [-0.39, 0.29) is 17.3 Å². The van der Waals surface area contributed by atoms with Crippen molar-refractivity contribution in [2.75, 3.05) is 39.6 Å². The van der Waals surface area contributed by atoms with Crippen molar-refractivity contribution in [3.63, 3.8) is 0 Å². The molecule has 34 heavy (non-hydrogen) atoms. The Morgan fingerprint density at radius 2 is 1.97 bits per heavy atom. The molecule has 0 aliphatic carbocycles. The van der Waals surface area contributed by atoms with Crippen LogP contribution in [0.2, 0.25) is 5.02 Å². The van der Waals surface area contributed by atoms with Gasteiger partial charge in [0.05, 0.1) is 17.6 Å². The minimum atomic E-state index is -0.490. The molecule has 0 radical (unpaired) electrons. The predicted molar refractivity (Wildman–Crippen MR) is 130 cm³/mol. The Kier molecular flexibility index (Phi) is 7.45. The Morgan fingerprint density at radius 1 is 1.21 bits per heavy atom. The third-order valence-corrected chi connectivity index (χ3v) is 6.19. The van der Waals surface area contributed by atoms with Crippen molar-refractivity contribution in [3.8, 4) is 11.5 Å². The van der Waals surface area contributed by atoms with Gasteiger partial charge in [-0.05, 0) is 51.2 Å². The average molecular weight is 488 g/mol. The molecule has 0 bridgehead atoms. The van der Waals surface area contributed by atoms with Gasteiger partial charge in [0, 0.05) is 30.2 Å². The van der Waals surface area contributed by atoms with Crippen LogP contribution in [0.15, 0.2) is 36.7 Å². The number of likely N-dealkylation sites (N-methyl/N-ethyl adjacent to an activating group) is 1. The molecule has 180 valence electrons. The zero-order valence-corrected chi connectivity index (χ0v) is 20.1. The van der Waals surface area contributed by atoms with Crippen molar-refractivity contribution in [1.82, 2.24) is 19.8 Å². The van der Waals surface area contributed by atoms with Gasteiger partial charge < -0.3 is 19.6 Å². The number of likely N-dealkylation sites (tertiary alicyclic amines) is 1. The zero-order chi connectivity index (χ0) is 24.2. The number of benzene rings is 2. The van der Waals surface area contributed by atoms with Crippen LogP contribution in [0.3, 0.4) is 0 Å². The van der Waals surface area contributed by atoms with Gasteiger partial charge in [-0.25, -0.2) is 14.4 Å². The molecular formula is C24H27ClFN5O3. The molecule has 2 heterocycles. The molecule has 1 atom stereocenters. The molecule has 0 saturated carbocycles. The molecule has 1 aromatic heterocycles. The van der Waals surface area contributed by atoms with E-state index in [1.165, 1.54) is 18.5 Å². The van der Waals surface area contributed by atoms with Crippen LogP contribution >= 0.6 is 11.6 Å². The summed E-state index contributed by atoms with van der Waals surface area (Å²) in [6, 6.07) is 8.04. The van der Waals surface area contributed by atoms with Crippen LogP contribution in [-0.2, 0) is 4.79 Å². The number of hydrogen-bond acceptors (Lipinski definition) is 8. The topological polar surface area (TPSA) is 79.8 Å². The van der Waals surface area contributed by atoms with E-state index in [0.29, 0.717) is 28.5 Å². The molecule has 0 spiro atoms. The van der Waals surface area contributed by atoms with Gasteiger partial charge in [-0.3, -0.25) is 9.80 Å². The Labute approximate surface area is 202 Å². The summed E-state index contributed by atoms with van der Waals surface area (Å²) in [5.41, 5.74) is 1.27. The van der Waals surface area contributed by atoms with Crippen LogP contribution in [0, 0.1) is 5.82 Å². The lowest BCUT2D eigenvalue weighted by atomic mass is 10.1. The summed E-state index contributed by atoms with van der Waals surface area (Å²) in [6.07, 6.45) is 3.72. The molecule has 10 heteroatoms. The van der Waals surface area contributed by atoms with Crippen LogP contribution < -0.4 is 14.8 Å². The minimum Gasteiger partial charge on any atom is -0.493 e. The fraction of sp³-hybridized carbons (Fsp3) is 0.375. The van der Waals surface area contributed by atoms with E-state index in [0.717, 1.165) is 37.6 Å². The summed E-state index contributed by atoms with van der Waals surface area (Å²) in [5, 5.41) is 3.92. The van der Waals surface area contributed by atoms with Gasteiger partial charge in [0.1, 0.15) is 30.2 Å². The number of carbonyl (C=O) groups excluding carboxylic acids is 1. The van der Waals surface area contributed by atoms with Crippen LogP contribution in [0.4, 0.5) is 15.9 Å². The number of rotatable bonds is 8. The van der Waals surface area contributed by atoms with Crippen molar-refractivity contribution < 1.29 is 18.7 Å². The number of anilines is 2. The predicted octanol–water partition coefficient (Wildman–Crippen LogP) is 4.10. The fourth-order valence-electron chi connectivity index (χ4n) is 4.10. The van der Waals surface area contributed by atoms with Crippen LogP contribution in [0.5, 0.6) is 11.5 Å². The normalized spacial score (nSPS) is 15.9.